The second-order valence-corrected chi connectivity index (χ2v) is 8.65. The van der Waals surface area contributed by atoms with Crippen molar-refractivity contribution in [3.8, 4) is 6.07 Å². The van der Waals surface area contributed by atoms with Gasteiger partial charge < -0.3 is 20.0 Å². The Morgan fingerprint density at radius 1 is 1.30 bits per heavy atom. The Kier molecular flexibility index (Phi) is 5.56. The molecular formula is C22H22F3N5O3. The summed E-state index contributed by atoms with van der Waals surface area (Å²) in [4.78, 5) is 32.3. The highest BCUT2D eigenvalue weighted by molar-refractivity contribution is 5.96. The van der Waals surface area contributed by atoms with Crippen LogP contribution in [0.2, 0.25) is 0 Å². The minimum Gasteiger partial charge on any atom is -0.438 e. The Morgan fingerprint density at radius 2 is 2.00 bits per heavy atom. The van der Waals surface area contributed by atoms with Crippen molar-refractivity contribution in [3.63, 3.8) is 0 Å². The summed E-state index contributed by atoms with van der Waals surface area (Å²) in [5, 5.41) is 9.00. The molecule has 33 heavy (non-hydrogen) atoms. The fourth-order valence-electron chi connectivity index (χ4n) is 4.82. The molecule has 0 radical (unpaired) electrons. The van der Waals surface area contributed by atoms with Gasteiger partial charge in [-0.15, -0.1) is 0 Å². The zero-order valence-electron chi connectivity index (χ0n) is 17.9. The van der Waals surface area contributed by atoms with Crippen LogP contribution in [0.3, 0.4) is 0 Å². The van der Waals surface area contributed by atoms with Gasteiger partial charge in [-0.1, -0.05) is 0 Å². The number of likely N-dealkylation sites (tertiary alicyclic amines) is 1. The molecule has 174 valence electrons. The molecule has 2 saturated heterocycles. The number of nitrogens with two attached hydrogens (primary N) is 1. The quantitative estimate of drug-likeness (QED) is 0.751. The molecule has 2 aliphatic rings. The first-order valence-electron chi connectivity index (χ1n) is 10.4. The van der Waals surface area contributed by atoms with Gasteiger partial charge in [-0.3, -0.25) is 9.59 Å². The normalized spacial score (nSPS) is 20.2. The number of aryl methyl sites for hydroxylation is 1. The molecule has 0 saturated carbocycles. The summed E-state index contributed by atoms with van der Waals surface area (Å²) in [7, 11) is 0. The van der Waals surface area contributed by atoms with Gasteiger partial charge in [0.15, 0.2) is 6.39 Å². The highest BCUT2D eigenvalue weighted by Gasteiger charge is 2.50. The number of hydrogen-bond donors (Lipinski definition) is 1. The standard InChI is InChI=1S/C22H22F3N5O3/c1-13-18(33-12-28-13)20(32)30-11-21(9-17(30)19(27)31)4-6-29(7-5-21)15-3-2-14(10-26)16(8-15)22(23,24)25/h2-3,8,12,17H,4-7,9,11H2,1H3,(H2,27,31). The van der Waals surface area contributed by atoms with Crippen molar-refractivity contribution in [3.05, 3.63) is 47.2 Å². The summed E-state index contributed by atoms with van der Waals surface area (Å²) in [6.07, 6.45) is -1.94. The van der Waals surface area contributed by atoms with Crippen molar-refractivity contribution in [1.29, 1.82) is 5.26 Å². The molecule has 1 unspecified atom stereocenters. The Bertz CT molecular complexity index is 1130. The van der Waals surface area contributed by atoms with Crippen LogP contribution in [0.1, 0.15) is 46.6 Å². The van der Waals surface area contributed by atoms with Crippen LogP contribution in [0, 0.1) is 23.7 Å². The highest BCUT2D eigenvalue weighted by Crippen LogP contribution is 2.45. The number of nitrogens with zero attached hydrogens (tertiary/aromatic N) is 4. The van der Waals surface area contributed by atoms with Crippen LogP contribution in [0.4, 0.5) is 18.9 Å². The molecule has 1 aromatic carbocycles. The molecular weight excluding hydrogens is 439 g/mol. The molecule has 2 fully saturated rings. The molecule has 2 aliphatic heterocycles. The van der Waals surface area contributed by atoms with Gasteiger partial charge in [-0.2, -0.15) is 18.4 Å². The summed E-state index contributed by atoms with van der Waals surface area (Å²) in [6.45, 7) is 2.82. The molecule has 3 heterocycles. The number of carbonyl (C=O) groups is 2. The molecule has 8 nitrogen and oxygen atoms in total. The first-order valence-corrected chi connectivity index (χ1v) is 10.4. The maximum Gasteiger partial charge on any atom is 0.417 e. The van der Waals surface area contributed by atoms with Crippen molar-refractivity contribution in [1.82, 2.24) is 9.88 Å². The molecule has 0 aliphatic carbocycles. The third-order valence-corrected chi connectivity index (χ3v) is 6.66. The number of oxazole rings is 1. The molecule has 4 rings (SSSR count). The maximum atomic E-state index is 13.3. The first kappa shape index (κ1) is 22.6. The van der Waals surface area contributed by atoms with E-state index >= 15 is 0 Å². The SMILES string of the molecule is Cc1ncoc1C(=O)N1CC2(CCN(c3ccc(C#N)c(C(F)(F)F)c3)CC2)CC1C(N)=O. The van der Waals surface area contributed by atoms with Gasteiger partial charge in [0, 0.05) is 25.3 Å². The van der Waals surface area contributed by atoms with E-state index < -0.39 is 35.2 Å². The molecule has 1 spiro atoms. The minimum absolute atomic E-state index is 0.0630. The summed E-state index contributed by atoms with van der Waals surface area (Å²) in [5.41, 5.74) is 4.63. The third-order valence-electron chi connectivity index (χ3n) is 6.66. The topological polar surface area (TPSA) is 116 Å². The smallest absolute Gasteiger partial charge is 0.417 e. The van der Waals surface area contributed by atoms with Crippen molar-refractivity contribution < 1.29 is 27.2 Å². The van der Waals surface area contributed by atoms with Crippen molar-refractivity contribution >= 4 is 17.5 Å². The summed E-state index contributed by atoms with van der Waals surface area (Å²) < 4.78 is 45.2. The Balaban J connectivity index is 1.52. The molecule has 11 heteroatoms. The number of anilines is 1. The molecule has 2 amide bonds. The number of carbonyl (C=O) groups excluding carboxylic acids is 2. The van der Waals surface area contributed by atoms with E-state index in [1.165, 1.54) is 23.4 Å². The number of halogens is 3. The van der Waals surface area contributed by atoms with Crippen molar-refractivity contribution in [2.45, 2.75) is 38.4 Å². The zero-order chi connectivity index (χ0) is 24.0. The minimum atomic E-state index is -4.63. The molecule has 2 N–H and O–H groups in total. The lowest BCUT2D eigenvalue weighted by molar-refractivity contribution is -0.137. The first-order chi connectivity index (χ1) is 15.5. The number of alkyl halides is 3. The Hall–Kier alpha value is -3.55. The lowest BCUT2D eigenvalue weighted by atomic mass is 9.76. The number of rotatable bonds is 3. The summed E-state index contributed by atoms with van der Waals surface area (Å²) in [6, 6.07) is 4.49. The van der Waals surface area contributed by atoms with E-state index in [0.717, 1.165) is 6.07 Å². The van der Waals surface area contributed by atoms with E-state index in [0.29, 0.717) is 50.3 Å². The monoisotopic (exact) mass is 461 g/mol. The van der Waals surface area contributed by atoms with Gasteiger partial charge in [-0.05, 0) is 49.8 Å². The second kappa shape index (κ2) is 8.10. The zero-order valence-corrected chi connectivity index (χ0v) is 17.9. The van der Waals surface area contributed by atoms with Crippen LogP contribution in [0.25, 0.3) is 0 Å². The van der Waals surface area contributed by atoms with Crippen LogP contribution >= 0.6 is 0 Å². The molecule has 1 aromatic heterocycles. The van der Waals surface area contributed by atoms with Crippen molar-refractivity contribution in [2.24, 2.45) is 11.1 Å². The summed E-state index contributed by atoms with van der Waals surface area (Å²) >= 11 is 0. The predicted octanol–water partition coefficient (Wildman–Crippen LogP) is 2.86. The number of primary amides is 1. The van der Waals surface area contributed by atoms with Gasteiger partial charge in [-0.25, -0.2) is 4.98 Å². The lowest BCUT2D eigenvalue weighted by Crippen LogP contribution is -2.44. The van der Waals surface area contributed by atoms with Crippen LogP contribution in [-0.4, -0.2) is 47.4 Å². The van der Waals surface area contributed by atoms with E-state index in [4.69, 9.17) is 15.4 Å². The number of aromatic nitrogens is 1. The molecule has 1 atom stereocenters. The van der Waals surface area contributed by atoms with E-state index in [1.54, 1.807) is 13.0 Å². The van der Waals surface area contributed by atoms with E-state index in [1.807, 2.05) is 4.90 Å². The van der Waals surface area contributed by atoms with Crippen LogP contribution in [0.15, 0.2) is 29.0 Å². The van der Waals surface area contributed by atoms with Gasteiger partial charge in [0.25, 0.3) is 5.91 Å². The number of amides is 2. The molecule has 0 bridgehead atoms. The van der Waals surface area contributed by atoms with Crippen molar-refractivity contribution in [2.75, 3.05) is 24.5 Å². The van der Waals surface area contributed by atoms with Gasteiger partial charge in [0.2, 0.25) is 11.7 Å². The largest absolute Gasteiger partial charge is 0.438 e. The Morgan fingerprint density at radius 3 is 2.55 bits per heavy atom. The number of nitriles is 1. The van der Waals surface area contributed by atoms with Crippen LogP contribution in [0.5, 0.6) is 0 Å². The van der Waals surface area contributed by atoms with E-state index in [9.17, 15) is 22.8 Å². The van der Waals surface area contributed by atoms with Gasteiger partial charge in [0.1, 0.15) is 6.04 Å². The lowest BCUT2D eigenvalue weighted by Gasteiger charge is -2.40. The second-order valence-electron chi connectivity index (χ2n) is 8.65. The third kappa shape index (κ3) is 4.13. The Labute approximate surface area is 187 Å². The summed E-state index contributed by atoms with van der Waals surface area (Å²) in [5.74, 6) is -0.996. The fourth-order valence-corrected chi connectivity index (χ4v) is 4.82. The maximum absolute atomic E-state index is 13.3. The van der Waals surface area contributed by atoms with Gasteiger partial charge in [0.05, 0.1) is 22.9 Å². The highest BCUT2D eigenvalue weighted by atomic mass is 19.4. The predicted molar refractivity (Wildman–Crippen MR) is 110 cm³/mol. The number of benzene rings is 1. The van der Waals surface area contributed by atoms with Crippen LogP contribution < -0.4 is 10.6 Å². The fraction of sp³-hybridized carbons (Fsp3) is 0.455. The van der Waals surface area contributed by atoms with E-state index in [-0.39, 0.29) is 11.2 Å². The van der Waals surface area contributed by atoms with E-state index in [2.05, 4.69) is 4.98 Å². The average Bonchev–Trinajstić information content (AvgIpc) is 3.37. The van der Waals surface area contributed by atoms with Crippen LogP contribution in [-0.2, 0) is 11.0 Å². The number of hydrogen-bond acceptors (Lipinski definition) is 6. The number of piperidine rings is 1. The van der Waals surface area contributed by atoms with Gasteiger partial charge >= 0.3 is 6.18 Å². The average molecular weight is 461 g/mol. The molecule has 2 aromatic rings.